The number of para-hydroxylation sites is 2. The molecule has 0 aliphatic rings. The summed E-state index contributed by atoms with van der Waals surface area (Å²) in [6, 6.07) is 23.0. The molecule has 5 aromatic rings. The number of rotatable bonds is 4. The molecule has 0 unspecified atom stereocenters. The van der Waals surface area contributed by atoms with Crippen LogP contribution in [0.4, 0.5) is 0 Å². The average Bonchev–Trinajstić information content (AvgIpc) is 3.20. The second kappa shape index (κ2) is 7.54. The van der Waals surface area contributed by atoms with Crippen LogP contribution in [0, 0.1) is 6.92 Å². The van der Waals surface area contributed by atoms with Crippen LogP contribution in [0.1, 0.15) is 21.7 Å². The fourth-order valence-corrected chi connectivity index (χ4v) is 3.84. The number of imidazole rings is 1. The first kappa shape index (κ1) is 18.8. The van der Waals surface area contributed by atoms with Gasteiger partial charge in [-0.25, -0.2) is 4.98 Å². The first-order valence-corrected chi connectivity index (χ1v) is 9.99. The summed E-state index contributed by atoms with van der Waals surface area (Å²) in [5, 5.41) is 0.839. The van der Waals surface area contributed by atoms with Gasteiger partial charge in [0.05, 0.1) is 16.6 Å². The predicted octanol–water partition coefficient (Wildman–Crippen LogP) is 5.28. The third kappa shape index (κ3) is 3.46. The summed E-state index contributed by atoms with van der Waals surface area (Å²) in [7, 11) is 0. The lowest BCUT2D eigenvalue weighted by Crippen LogP contribution is -2.18. The maximum Gasteiger partial charge on any atom is 0.260 e. The van der Waals surface area contributed by atoms with Crippen molar-refractivity contribution in [1.82, 2.24) is 15.0 Å². The van der Waals surface area contributed by atoms with Gasteiger partial charge in [0.2, 0.25) is 0 Å². The largest absolute Gasteiger partial charge is 0.338 e. The molecular formula is C26H19N3O2. The Hall–Kier alpha value is -4.25. The molecule has 0 fully saturated rings. The third-order valence-electron chi connectivity index (χ3n) is 5.28. The van der Waals surface area contributed by atoms with E-state index in [9.17, 15) is 9.59 Å². The standard InChI is InChI=1S/C26H19N3O2/c1-16-11-12-19-18(15-16)24(17-7-3-2-4-8-17)25(26(31)29-19)22(30)13-14-23-27-20-9-5-6-10-21(20)28-23/h2-15H,1H3,(H,27,28)(H,29,31). The summed E-state index contributed by atoms with van der Waals surface area (Å²) in [6.07, 6.45) is 3.01. The highest BCUT2D eigenvalue weighted by atomic mass is 16.1. The van der Waals surface area contributed by atoms with E-state index in [4.69, 9.17) is 0 Å². The number of hydrogen-bond donors (Lipinski definition) is 2. The number of aryl methyl sites for hydroxylation is 1. The minimum absolute atomic E-state index is 0.122. The highest BCUT2D eigenvalue weighted by molar-refractivity contribution is 6.15. The summed E-state index contributed by atoms with van der Waals surface area (Å²) in [4.78, 5) is 36.7. The van der Waals surface area contributed by atoms with Gasteiger partial charge in [0, 0.05) is 16.5 Å². The number of H-pyrrole nitrogens is 2. The molecule has 150 valence electrons. The third-order valence-corrected chi connectivity index (χ3v) is 5.28. The fourth-order valence-electron chi connectivity index (χ4n) is 3.84. The molecule has 5 rings (SSSR count). The molecular weight excluding hydrogens is 386 g/mol. The van der Waals surface area contributed by atoms with E-state index in [1.165, 1.54) is 6.08 Å². The molecule has 3 aromatic carbocycles. The number of nitrogens with one attached hydrogen (secondary N) is 2. The number of carbonyl (C=O) groups excluding carboxylic acids is 1. The number of ketones is 1. The van der Waals surface area contributed by atoms with Gasteiger partial charge >= 0.3 is 0 Å². The molecule has 0 aliphatic heterocycles. The van der Waals surface area contributed by atoms with Gasteiger partial charge in [-0.05, 0) is 48.9 Å². The molecule has 2 N–H and O–H groups in total. The Labute approximate surface area is 178 Å². The van der Waals surface area contributed by atoms with E-state index in [-0.39, 0.29) is 11.3 Å². The fraction of sp³-hybridized carbons (Fsp3) is 0.0385. The zero-order valence-corrected chi connectivity index (χ0v) is 16.8. The van der Waals surface area contributed by atoms with E-state index in [0.717, 1.165) is 27.5 Å². The highest BCUT2D eigenvalue weighted by Gasteiger charge is 2.19. The predicted molar refractivity (Wildman–Crippen MR) is 124 cm³/mol. The van der Waals surface area contributed by atoms with E-state index >= 15 is 0 Å². The van der Waals surface area contributed by atoms with Crippen molar-refractivity contribution < 1.29 is 4.79 Å². The van der Waals surface area contributed by atoms with Crippen molar-refractivity contribution in [2.45, 2.75) is 6.92 Å². The number of nitrogens with zero attached hydrogens (tertiary/aromatic N) is 1. The van der Waals surface area contributed by atoms with Crippen molar-refractivity contribution in [3.63, 3.8) is 0 Å². The zero-order valence-electron chi connectivity index (χ0n) is 16.8. The first-order valence-electron chi connectivity index (χ1n) is 9.99. The molecule has 0 saturated carbocycles. The lowest BCUT2D eigenvalue weighted by Gasteiger charge is -2.12. The highest BCUT2D eigenvalue weighted by Crippen LogP contribution is 2.30. The Morgan fingerprint density at radius 2 is 1.68 bits per heavy atom. The van der Waals surface area contributed by atoms with Crippen molar-refractivity contribution in [3.05, 3.63) is 106 Å². The second-order valence-electron chi connectivity index (χ2n) is 7.46. The molecule has 0 spiro atoms. The van der Waals surface area contributed by atoms with E-state index in [2.05, 4.69) is 15.0 Å². The SMILES string of the molecule is Cc1ccc2[nH]c(=O)c(C(=O)C=Cc3nc4ccccc4[nH]3)c(-c3ccccc3)c2c1. The van der Waals surface area contributed by atoms with Crippen LogP contribution in [0.15, 0.2) is 83.7 Å². The minimum Gasteiger partial charge on any atom is -0.338 e. The molecule has 5 nitrogen and oxygen atoms in total. The van der Waals surface area contributed by atoms with E-state index in [1.807, 2.05) is 79.7 Å². The molecule has 0 atom stereocenters. The minimum atomic E-state index is -0.408. The van der Waals surface area contributed by atoms with E-state index in [1.54, 1.807) is 6.08 Å². The molecule has 5 heteroatoms. The number of pyridine rings is 1. The van der Waals surface area contributed by atoms with Crippen molar-refractivity contribution in [2.75, 3.05) is 0 Å². The quantitative estimate of drug-likeness (QED) is 0.316. The molecule has 2 aromatic heterocycles. The van der Waals surface area contributed by atoms with Crippen molar-refractivity contribution in [2.24, 2.45) is 0 Å². The molecule has 0 radical (unpaired) electrons. The summed E-state index contributed by atoms with van der Waals surface area (Å²) in [5.41, 5.74) is 4.63. The molecule has 0 saturated heterocycles. The van der Waals surface area contributed by atoms with Crippen LogP contribution in [0.2, 0.25) is 0 Å². The number of carbonyl (C=O) groups is 1. The van der Waals surface area contributed by atoms with Crippen LogP contribution in [0.3, 0.4) is 0 Å². The van der Waals surface area contributed by atoms with Crippen LogP contribution in [-0.2, 0) is 0 Å². The van der Waals surface area contributed by atoms with Crippen molar-refractivity contribution in [3.8, 4) is 11.1 Å². The Balaban J connectivity index is 1.67. The zero-order chi connectivity index (χ0) is 21.4. The Morgan fingerprint density at radius 3 is 2.48 bits per heavy atom. The normalized spacial score (nSPS) is 11.5. The maximum absolute atomic E-state index is 13.2. The Bertz CT molecular complexity index is 1490. The smallest absolute Gasteiger partial charge is 0.260 e. The first-order chi connectivity index (χ1) is 15.1. The molecule has 2 heterocycles. The van der Waals surface area contributed by atoms with Crippen LogP contribution in [0.25, 0.3) is 39.1 Å². The molecule has 0 amide bonds. The Kier molecular flexibility index (Phi) is 4.56. The number of aromatic amines is 2. The van der Waals surface area contributed by atoms with Crippen LogP contribution >= 0.6 is 0 Å². The van der Waals surface area contributed by atoms with Crippen LogP contribution in [0.5, 0.6) is 0 Å². The van der Waals surface area contributed by atoms with Gasteiger partial charge < -0.3 is 9.97 Å². The van der Waals surface area contributed by atoms with Gasteiger partial charge in [0.1, 0.15) is 5.82 Å². The number of aromatic nitrogens is 3. The monoisotopic (exact) mass is 405 g/mol. The van der Waals surface area contributed by atoms with Gasteiger partial charge in [0.15, 0.2) is 5.78 Å². The number of benzene rings is 3. The Morgan fingerprint density at radius 1 is 0.903 bits per heavy atom. The summed E-state index contributed by atoms with van der Waals surface area (Å²) >= 11 is 0. The molecule has 31 heavy (non-hydrogen) atoms. The van der Waals surface area contributed by atoms with Gasteiger partial charge in [-0.2, -0.15) is 0 Å². The van der Waals surface area contributed by atoms with Gasteiger partial charge in [-0.1, -0.05) is 54.1 Å². The maximum atomic E-state index is 13.2. The summed E-state index contributed by atoms with van der Waals surface area (Å²) in [5.74, 6) is 0.188. The van der Waals surface area contributed by atoms with Gasteiger partial charge in [-0.3, -0.25) is 9.59 Å². The van der Waals surface area contributed by atoms with Crippen LogP contribution in [-0.4, -0.2) is 20.7 Å². The number of hydrogen-bond acceptors (Lipinski definition) is 3. The van der Waals surface area contributed by atoms with Crippen molar-refractivity contribution >= 4 is 33.8 Å². The molecule has 0 bridgehead atoms. The van der Waals surface area contributed by atoms with Crippen molar-refractivity contribution in [1.29, 1.82) is 0 Å². The van der Waals surface area contributed by atoms with Gasteiger partial charge in [-0.15, -0.1) is 0 Å². The van der Waals surface area contributed by atoms with Crippen LogP contribution < -0.4 is 5.56 Å². The lowest BCUT2D eigenvalue weighted by molar-refractivity contribution is 0.104. The van der Waals surface area contributed by atoms with Gasteiger partial charge in [0.25, 0.3) is 5.56 Å². The summed E-state index contributed by atoms with van der Waals surface area (Å²) < 4.78 is 0. The number of allylic oxidation sites excluding steroid dienone is 1. The lowest BCUT2D eigenvalue weighted by atomic mass is 9.93. The molecule has 0 aliphatic carbocycles. The average molecular weight is 405 g/mol. The van der Waals surface area contributed by atoms with E-state index in [0.29, 0.717) is 16.9 Å². The second-order valence-corrected chi connectivity index (χ2v) is 7.46. The van der Waals surface area contributed by atoms with E-state index < -0.39 is 5.56 Å². The number of fused-ring (bicyclic) bond motifs is 2. The topological polar surface area (TPSA) is 78.6 Å². The summed E-state index contributed by atoms with van der Waals surface area (Å²) in [6.45, 7) is 1.99.